The summed E-state index contributed by atoms with van der Waals surface area (Å²) in [4.78, 5) is 29.9. The molecule has 170 valence electrons. The lowest BCUT2D eigenvalue weighted by atomic mass is 10.2. The van der Waals surface area contributed by atoms with E-state index in [1.165, 1.54) is 5.56 Å². The lowest BCUT2D eigenvalue weighted by molar-refractivity contribution is 0.0262. The van der Waals surface area contributed by atoms with Crippen molar-refractivity contribution in [1.82, 2.24) is 14.7 Å². The second-order valence-electron chi connectivity index (χ2n) is 9.57. The van der Waals surface area contributed by atoms with Gasteiger partial charge in [0, 0.05) is 46.8 Å². The van der Waals surface area contributed by atoms with E-state index in [4.69, 9.17) is 9.47 Å². The van der Waals surface area contributed by atoms with Gasteiger partial charge < -0.3 is 19.3 Å². The number of hydrogen-bond acceptors (Lipinski definition) is 5. The van der Waals surface area contributed by atoms with E-state index < -0.39 is 11.2 Å². The van der Waals surface area contributed by atoms with E-state index >= 15 is 0 Å². The first-order valence-electron chi connectivity index (χ1n) is 10.4. The summed E-state index contributed by atoms with van der Waals surface area (Å²) in [5.74, 6) is 0. The van der Waals surface area contributed by atoms with Gasteiger partial charge >= 0.3 is 12.2 Å². The van der Waals surface area contributed by atoms with Crippen LogP contribution in [0.3, 0.4) is 0 Å². The van der Waals surface area contributed by atoms with Gasteiger partial charge in [-0.15, -0.1) is 0 Å². The SMILES string of the molecule is CN(CCN(CCN(C)C(=O)OC(C)(C)C)Cc1ccccc1)C(=O)OC(C)(C)C. The Kier molecular flexibility index (Phi) is 9.62. The second kappa shape index (κ2) is 11.2. The van der Waals surface area contributed by atoms with Crippen LogP contribution in [0.25, 0.3) is 0 Å². The van der Waals surface area contributed by atoms with Crippen molar-refractivity contribution in [2.24, 2.45) is 0 Å². The van der Waals surface area contributed by atoms with Crippen LogP contribution in [0.15, 0.2) is 30.3 Å². The predicted octanol–water partition coefficient (Wildman–Crippen LogP) is 4.22. The van der Waals surface area contributed by atoms with E-state index in [0.717, 1.165) is 6.54 Å². The number of carbonyl (C=O) groups excluding carboxylic acids is 2. The Bertz CT molecular complexity index is 627. The Morgan fingerprint density at radius 2 is 1.13 bits per heavy atom. The molecule has 2 amide bonds. The maximum absolute atomic E-state index is 12.2. The Morgan fingerprint density at radius 1 is 0.733 bits per heavy atom. The molecule has 0 saturated heterocycles. The largest absolute Gasteiger partial charge is 0.444 e. The van der Waals surface area contributed by atoms with E-state index in [-0.39, 0.29) is 12.2 Å². The van der Waals surface area contributed by atoms with Crippen LogP contribution in [0.5, 0.6) is 0 Å². The van der Waals surface area contributed by atoms with E-state index in [1.54, 1.807) is 23.9 Å². The summed E-state index contributed by atoms with van der Waals surface area (Å²) in [7, 11) is 3.48. The highest BCUT2D eigenvalue weighted by molar-refractivity contribution is 5.68. The van der Waals surface area contributed by atoms with Crippen LogP contribution < -0.4 is 0 Å². The normalized spacial score (nSPS) is 11.9. The Morgan fingerprint density at radius 3 is 1.50 bits per heavy atom. The molecule has 0 spiro atoms. The van der Waals surface area contributed by atoms with Crippen LogP contribution in [0, 0.1) is 0 Å². The lowest BCUT2D eigenvalue weighted by Crippen LogP contribution is -2.42. The highest BCUT2D eigenvalue weighted by Gasteiger charge is 2.22. The molecule has 1 rings (SSSR count). The van der Waals surface area contributed by atoms with Crippen molar-refractivity contribution in [2.45, 2.75) is 59.3 Å². The zero-order valence-electron chi connectivity index (χ0n) is 19.9. The molecular formula is C23H39N3O4. The third kappa shape index (κ3) is 11.0. The Balaban J connectivity index is 2.68. The molecule has 0 aliphatic carbocycles. The summed E-state index contributed by atoms with van der Waals surface area (Å²) in [5, 5.41) is 0. The average molecular weight is 422 g/mol. The summed E-state index contributed by atoms with van der Waals surface area (Å²) in [6, 6.07) is 10.1. The molecule has 0 bridgehead atoms. The number of hydrogen-bond donors (Lipinski definition) is 0. The molecule has 7 heteroatoms. The summed E-state index contributed by atoms with van der Waals surface area (Å²) in [6.07, 6.45) is -0.680. The van der Waals surface area contributed by atoms with Gasteiger partial charge in [-0.2, -0.15) is 0 Å². The summed E-state index contributed by atoms with van der Waals surface area (Å²) in [6.45, 7) is 14.2. The van der Waals surface area contributed by atoms with Crippen LogP contribution in [-0.2, 0) is 16.0 Å². The third-order valence-electron chi connectivity index (χ3n) is 4.16. The van der Waals surface area contributed by atoms with E-state index in [9.17, 15) is 9.59 Å². The van der Waals surface area contributed by atoms with E-state index in [0.29, 0.717) is 26.2 Å². The zero-order chi connectivity index (χ0) is 22.9. The van der Waals surface area contributed by atoms with Crippen LogP contribution in [0.1, 0.15) is 47.1 Å². The fourth-order valence-corrected chi connectivity index (χ4v) is 2.56. The maximum Gasteiger partial charge on any atom is 0.410 e. The molecule has 0 aromatic heterocycles. The van der Waals surface area contributed by atoms with Gasteiger partial charge in [-0.25, -0.2) is 9.59 Å². The van der Waals surface area contributed by atoms with Crippen molar-refractivity contribution in [3.05, 3.63) is 35.9 Å². The lowest BCUT2D eigenvalue weighted by Gasteiger charge is -2.29. The number of carbonyl (C=O) groups is 2. The highest BCUT2D eigenvalue weighted by Crippen LogP contribution is 2.11. The first kappa shape index (κ1) is 25.8. The van der Waals surface area contributed by atoms with Gasteiger partial charge in [-0.3, -0.25) is 4.90 Å². The smallest absolute Gasteiger partial charge is 0.410 e. The van der Waals surface area contributed by atoms with Gasteiger partial charge in [0.1, 0.15) is 11.2 Å². The number of likely N-dealkylation sites (N-methyl/N-ethyl adjacent to an activating group) is 2. The summed E-state index contributed by atoms with van der Waals surface area (Å²) >= 11 is 0. The quantitative estimate of drug-likeness (QED) is 0.629. The predicted molar refractivity (Wildman–Crippen MR) is 119 cm³/mol. The third-order valence-corrected chi connectivity index (χ3v) is 4.16. The standard InChI is InChI=1S/C23H39N3O4/c1-22(2,3)29-20(27)24(7)14-16-26(18-19-12-10-9-11-13-19)17-15-25(8)21(28)30-23(4,5)6/h9-13H,14-18H2,1-8H3. The fourth-order valence-electron chi connectivity index (χ4n) is 2.56. The molecule has 0 radical (unpaired) electrons. The van der Waals surface area contributed by atoms with Gasteiger partial charge in [-0.1, -0.05) is 30.3 Å². The molecule has 0 aliphatic heterocycles. The van der Waals surface area contributed by atoms with Gasteiger partial charge in [0.2, 0.25) is 0 Å². The molecular weight excluding hydrogens is 382 g/mol. The van der Waals surface area contributed by atoms with Crippen molar-refractivity contribution in [3.63, 3.8) is 0 Å². The number of rotatable bonds is 8. The van der Waals surface area contributed by atoms with Gasteiger partial charge in [0.15, 0.2) is 0 Å². The van der Waals surface area contributed by atoms with Gasteiger partial charge in [-0.05, 0) is 47.1 Å². The van der Waals surface area contributed by atoms with Crippen LogP contribution in [0.4, 0.5) is 9.59 Å². The Labute approximate surface area is 181 Å². The summed E-state index contributed by atoms with van der Waals surface area (Å²) in [5.41, 5.74) is 0.133. The van der Waals surface area contributed by atoms with Crippen molar-refractivity contribution in [3.8, 4) is 0 Å². The van der Waals surface area contributed by atoms with E-state index in [1.807, 2.05) is 59.7 Å². The maximum atomic E-state index is 12.2. The molecule has 0 unspecified atom stereocenters. The molecule has 1 aromatic carbocycles. The van der Waals surface area contributed by atoms with Crippen molar-refractivity contribution in [1.29, 1.82) is 0 Å². The van der Waals surface area contributed by atoms with Crippen LogP contribution in [0.2, 0.25) is 0 Å². The minimum atomic E-state index is -0.523. The topological polar surface area (TPSA) is 62.3 Å². The summed E-state index contributed by atoms with van der Waals surface area (Å²) < 4.78 is 10.9. The second-order valence-corrected chi connectivity index (χ2v) is 9.57. The molecule has 0 saturated carbocycles. The van der Waals surface area contributed by atoms with Crippen LogP contribution >= 0.6 is 0 Å². The van der Waals surface area contributed by atoms with Crippen molar-refractivity contribution >= 4 is 12.2 Å². The number of nitrogens with zero attached hydrogens (tertiary/aromatic N) is 3. The minimum Gasteiger partial charge on any atom is -0.444 e. The molecule has 30 heavy (non-hydrogen) atoms. The van der Waals surface area contributed by atoms with Crippen molar-refractivity contribution in [2.75, 3.05) is 40.3 Å². The van der Waals surface area contributed by atoms with Gasteiger partial charge in [0.05, 0.1) is 0 Å². The van der Waals surface area contributed by atoms with Gasteiger partial charge in [0.25, 0.3) is 0 Å². The van der Waals surface area contributed by atoms with Crippen LogP contribution in [-0.4, -0.2) is 78.4 Å². The number of amides is 2. The Hall–Kier alpha value is -2.28. The minimum absolute atomic E-state index is 0.340. The molecule has 0 aliphatic rings. The monoisotopic (exact) mass is 421 g/mol. The number of ether oxygens (including phenoxy) is 2. The molecule has 7 nitrogen and oxygen atoms in total. The zero-order valence-corrected chi connectivity index (χ0v) is 19.9. The van der Waals surface area contributed by atoms with Crippen molar-refractivity contribution < 1.29 is 19.1 Å². The molecule has 0 heterocycles. The molecule has 1 aromatic rings. The fraction of sp³-hybridized carbons (Fsp3) is 0.652. The molecule has 0 fully saturated rings. The molecule has 0 atom stereocenters. The number of benzene rings is 1. The molecule has 0 N–H and O–H groups in total. The average Bonchev–Trinajstić information content (AvgIpc) is 2.61. The highest BCUT2D eigenvalue weighted by atomic mass is 16.6. The first-order chi connectivity index (χ1) is 13.8. The van der Waals surface area contributed by atoms with E-state index in [2.05, 4.69) is 17.0 Å². The first-order valence-corrected chi connectivity index (χ1v) is 10.4.